The molecule has 0 saturated carbocycles. The molecule has 0 spiro atoms. The van der Waals surface area contributed by atoms with Crippen LogP contribution in [0.25, 0.3) is 0 Å². The van der Waals surface area contributed by atoms with Gasteiger partial charge in [0.25, 0.3) is 11.8 Å². The van der Waals surface area contributed by atoms with E-state index >= 15 is 0 Å². The lowest BCUT2D eigenvalue weighted by Crippen LogP contribution is -2.40. The molecule has 1 atom stereocenters. The molecular formula is C20H22N2O4. The van der Waals surface area contributed by atoms with Crippen LogP contribution in [0.4, 0.5) is 5.69 Å². The van der Waals surface area contributed by atoms with E-state index in [0.717, 1.165) is 11.1 Å². The normalized spacial score (nSPS) is 11.3. The van der Waals surface area contributed by atoms with Crippen LogP contribution in [0.15, 0.2) is 48.5 Å². The van der Waals surface area contributed by atoms with Crippen LogP contribution in [0.1, 0.15) is 28.4 Å². The van der Waals surface area contributed by atoms with Gasteiger partial charge in [-0.2, -0.15) is 0 Å². The van der Waals surface area contributed by atoms with Crippen LogP contribution in [0, 0.1) is 13.8 Å². The molecule has 0 fully saturated rings. The fourth-order valence-corrected chi connectivity index (χ4v) is 2.31. The molecular weight excluding hydrogens is 332 g/mol. The molecule has 2 aromatic rings. The zero-order valence-corrected chi connectivity index (χ0v) is 15.0. The Kier molecular flexibility index (Phi) is 6.49. The molecule has 136 valence electrons. The quantitative estimate of drug-likeness (QED) is 0.781. The van der Waals surface area contributed by atoms with E-state index in [-0.39, 0.29) is 5.91 Å². The van der Waals surface area contributed by atoms with E-state index in [1.807, 2.05) is 38.1 Å². The average Bonchev–Trinajstić information content (AvgIpc) is 2.59. The summed E-state index contributed by atoms with van der Waals surface area (Å²) in [6.45, 7) is 4.88. The maximum Gasteiger partial charge on any atom is 0.328 e. The van der Waals surface area contributed by atoms with Crippen LogP contribution < -0.4 is 10.6 Å². The first kappa shape index (κ1) is 19.2. The van der Waals surface area contributed by atoms with Crippen molar-refractivity contribution >= 4 is 23.5 Å². The number of amides is 2. The maximum atomic E-state index is 12.1. The second kappa shape index (κ2) is 8.80. The summed E-state index contributed by atoms with van der Waals surface area (Å²) in [5.74, 6) is -1.49. The van der Waals surface area contributed by atoms with E-state index < -0.39 is 24.5 Å². The Balaban J connectivity index is 1.81. The molecule has 2 rings (SSSR count). The summed E-state index contributed by atoms with van der Waals surface area (Å²) >= 11 is 0. The van der Waals surface area contributed by atoms with E-state index in [1.54, 1.807) is 24.3 Å². The van der Waals surface area contributed by atoms with Gasteiger partial charge in [-0.1, -0.05) is 29.8 Å². The Hall–Kier alpha value is -3.15. The number of carbonyl (C=O) groups excluding carboxylic acids is 3. The van der Waals surface area contributed by atoms with Crippen molar-refractivity contribution in [2.24, 2.45) is 0 Å². The Morgan fingerprint density at radius 3 is 2.31 bits per heavy atom. The molecule has 2 N–H and O–H groups in total. The third-order valence-corrected chi connectivity index (χ3v) is 3.63. The number of ether oxygens (including phenoxy) is 1. The molecule has 0 aliphatic carbocycles. The fourth-order valence-electron chi connectivity index (χ4n) is 2.31. The smallest absolute Gasteiger partial charge is 0.328 e. The Morgan fingerprint density at radius 2 is 1.65 bits per heavy atom. The Labute approximate surface area is 152 Å². The summed E-state index contributed by atoms with van der Waals surface area (Å²) in [6.07, 6.45) is 0. The van der Waals surface area contributed by atoms with Crippen LogP contribution in [-0.2, 0) is 14.3 Å². The van der Waals surface area contributed by atoms with Crippen molar-refractivity contribution in [1.29, 1.82) is 0 Å². The zero-order valence-electron chi connectivity index (χ0n) is 15.0. The number of rotatable bonds is 6. The molecule has 0 aromatic heterocycles. The minimum Gasteiger partial charge on any atom is -0.454 e. The van der Waals surface area contributed by atoms with Gasteiger partial charge in [0.2, 0.25) is 0 Å². The largest absolute Gasteiger partial charge is 0.454 e. The molecule has 26 heavy (non-hydrogen) atoms. The van der Waals surface area contributed by atoms with Crippen molar-refractivity contribution in [2.75, 3.05) is 11.9 Å². The number of nitrogens with one attached hydrogen (secondary N) is 2. The second-order valence-corrected chi connectivity index (χ2v) is 6.09. The second-order valence-electron chi connectivity index (χ2n) is 6.09. The predicted octanol–water partition coefficient (Wildman–Crippen LogP) is 2.60. The summed E-state index contributed by atoms with van der Waals surface area (Å²) in [4.78, 5) is 36.0. The maximum absolute atomic E-state index is 12.1. The van der Waals surface area contributed by atoms with Crippen molar-refractivity contribution in [1.82, 2.24) is 5.32 Å². The van der Waals surface area contributed by atoms with Gasteiger partial charge < -0.3 is 15.4 Å². The van der Waals surface area contributed by atoms with Gasteiger partial charge >= 0.3 is 5.97 Å². The van der Waals surface area contributed by atoms with E-state index in [4.69, 9.17) is 4.74 Å². The first-order valence-electron chi connectivity index (χ1n) is 8.26. The number of benzene rings is 2. The summed E-state index contributed by atoms with van der Waals surface area (Å²) in [7, 11) is 0. The van der Waals surface area contributed by atoms with Gasteiger partial charge in [0, 0.05) is 11.3 Å². The number of carbonyl (C=O) groups is 3. The van der Waals surface area contributed by atoms with Crippen molar-refractivity contribution in [3.05, 3.63) is 65.2 Å². The van der Waals surface area contributed by atoms with E-state index in [0.29, 0.717) is 11.3 Å². The SMILES string of the molecule is Cc1cccc(NC(=O)COC(=O)[C@H](C)NC(=O)c2cccc(C)c2)c1. The number of hydrogen-bond acceptors (Lipinski definition) is 4. The minimum absolute atomic E-state index is 0.373. The lowest BCUT2D eigenvalue weighted by Gasteiger charge is -2.13. The van der Waals surface area contributed by atoms with E-state index in [9.17, 15) is 14.4 Å². The summed E-state index contributed by atoms with van der Waals surface area (Å²) in [5, 5.41) is 5.21. The highest BCUT2D eigenvalue weighted by Gasteiger charge is 2.19. The highest BCUT2D eigenvalue weighted by atomic mass is 16.5. The Morgan fingerprint density at radius 1 is 1.00 bits per heavy atom. The summed E-state index contributed by atoms with van der Waals surface area (Å²) < 4.78 is 4.96. The molecule has 0 bridgehead atoms. The van der Waals surface area contributed by atoms with E-state index in [2.05, 4.69) is 10.6 Å². The molecule has 6 nitrogen and oxygen atoms in total. The molecule has 0 unspecified atom stereocenters. The number of esters is 1. The van der Waals surface area contributed by atoms with Crippen molar-refractivity contribution < 1.29 is 19.1 Å². The first-order valence-corrected chi connectivity index (χ1v) is 8.26. The number of anilines is 1. The minimum atomic E-state index is -0.866. The lowest BCUT2D eigenvalue weighted by atomic mass is 10.1. The average molecular weight is 354 g/mol. The third-order valence-electron chi connectivity index (χ3n) is 3.63. The zero-order chi connectivity index (χ0) is 19.1. The molecule has 0 saturated heterocycles. The van der Waals surface area contributed by atoms with Gasteiger partial charge in [-0.25, -0.2) is 4.79 Å². The standard InChI is InChI=1S/C20H22N2O4/c1-13-6-4-8-16(10-13)19(24)21-15(3)20(25)26-12-18(23)22-17-9-5-7-14(2)11-17/h4-11,15H,12H2,1-3H3,(H,21,24)(H,22,23)/t15-/m0/s1. The van der Waals surface area contributed by atoms with Crippen LogP contribution in [0.3, 0.4) is 0 Å². The number of hydrogen-bond donors (Lipinski definition) is 2. The van der Waals surface area contributed by atoms with Crippen LogP contribution in [0.2, 0.25) is 0 Å². The van der Waals surface area contributed by atoms with Gasteiger partial charge in [-0.3, -0.25) is 9.59 Å². The van der Waals surface area contributed by atoms with Crippen molar-refractivity contribution in [2.45, 2.75) is 26.8 Å². The van der Waals surface area contributed by atoms with Gasteiger partial charge in [-0.15, -0.1) is 0 Å². The van der Waals surface area contributed by atoms with Crippen molar-refractivity contribution in [3.63, 3.8) is 0 Å². The molecule has 0 aliphatic rings. The summed E-state index contributed by atoms with van der Waals surface area (Å²) in [5.41, 5.74) is 3.04. The highest BCUT2D eigenvalue weighted by molar-refractivity contribution is 5.97. The molecule has 0 aliphatic heterocycles. The van der Waals surface area contributed by atoms with E-state index in [1.165, 1.54) is 6.92 Å². The molecule has 2 aromatic carbocycles. The molecule has 2 amide bonds. The lowest BCUT2D eigenvalue weighted by molar-refractivity contribution is -0.148. The fraction of sp³-hybridized carbons (Fsp3) is 0.250. The number of aryl methyl sites for hydroxylation is 2. The third kappa shape index (κ3) is 5.73. The molecule has 0 radical (unpaired) electrons. The summed E-state index contributed by atoms with van der Waals surface area (Å²) in [6, 6.07) is 13.5. The van der Waals surface area contributed by atoms with Gasteiger partial charge in [0.05, 0.1) is 0 Å². The topological polar surface area (TPSA) is 84.5 Å². The first-order chi connectivity index (χ1) is 12.3. The van der Waals surface area contributed by atoms with Crippen LogP contribution in [-0.4, -0.2) is 30.4 Å². The van der Waals surface area contributed by atoms with Gasteiger partial charge in [0.15, 0.2) is 6.61 Å². The Bertz CT molecular complexity index is 817. The molecule has 6 heteroatoms. The highest BCUT2D eigenvalue weighted by Crippen LogP contribution is 2.09. The van der Waals surface area contributed by atoms with Gasteiger partial charge in [0.1, 0.15) is 6.04 Å². The van der Waals surface area contributed by atoms with Crippen LogP contribution >= 0.6 is 0 Å². The monoisotopic (exact) mass is 354 g/mol. The van der Waals surface area contributed by atoms with Crippen molar-refractivity contribution in [3.8, 4) is 0 Å². The predicted molar refractivity (Wildman–Crippen MR) is 98.9 cm³/mol. The van der Waals surface area contributed by atoms with Gasteiger partial charge in [-0.05, 0) is 50.6 Å². The molecule has 0 heterocycles. The van der Waals surface area contributed by atoms with Crippen LogP contribution in [0.5, 0.6) is 0 Å².